The monoisotopic (exact) mass is 286 g/mol. The molecule has 0 aromatic rings. The van der Waals surface area contributed by atoms with Crippen molar-refractivity contribution in [2.75, 3.05) is 18.6 Å². The molecular formula is C14H26N2O2S. The molecule has 0 saturated carbocycles. The number of nitrogens with one attached hydrogen (secondary N) is 1. The zero-order valence-corrected chi connectivity index (χ0v) is 13.5. The summed E-state index contributed by atoms with van der Waals surface area (Å²) in [5, 5.41) is 2.88. The van der Waals surface area contributed by atoms with Crippen LogP contribution in [0.5, 0.6) is 0 Å². The number of rotatable bonds is 4. The van der Waals surface area contributed by atoms with Gasteiger partial charge < -0.3 is 10.2 Å². The molecule has 1 rings (SSSR count). The van der Waals surface area contributed by atoms with Crippen molar-refractivity contribution in [2.24, 2.45) is 5.41 Å². The highest BCUT2D eigenvalue weighted by Gasteiger charge is 2.39. The van der Waals surface area contributed by atoms with E-state index in [1.54, 1.807) is 11.8 Å². The molecule has 1 saturated heterocycles. The Labute approximate surface area is 120 Å². The third-order valence-electron chi connectivity index (χ3n) is 3.46. The van der Waals surface area contributed by atoms with Gasteiger partial charge in [0, 0.05) is 19.0 Å². The van der Waals surface area contributed by atoms with E-state index in [1.807, 2.05) is 32.6 Å². The first-order valence-electron chi connectivity index (χ1n) is 6.86. The number of carbonyl (C=O) groups excluding carboxylic acids is 2. The standard InChI is InChI=1S/C14H26N2O2S/c1-10-9-11(17)15-12(14(2,3)4)13(18)16(10)7-6-8-19-5/h10,12H,6-9H2,1-5H3,(H,15,17). The van der Waals surface area contributed by atoms with Crippen LogP contribution in [0.4, 0.5) is 0 Å². The minimum absolute atomic E-state index is 0.0123. The predicted molar refractivity (Wildman–Crippen MR) is 80.2 cm³/mol. The molecule has 0 bridgehead atoms. The molecule has 1 aliphatic rings. The molecule has 4 nitrogen and oxygen atoms in total. The van der Waals surface area contributed by atoms with E-state index in [-0.39, 0.29) is 23.3 Å². The van der Waals surface area contributed by atoms with Crippen molar-refractivity contribution in [3.63, 3.8) is 0 Å². The number of nitrogens with zero attached hydrogens (tertiary/aromatic N) is 1. The number of hydrogen-bond acceptors (Lipinski definition) is 3. The van der Waals surface area contributed by atoms with Crippen LogP contribution in [0.2, 0.25) is 0 Å². The molecule has 2 atom stereocenters. The summed E-state index contributed by atoms with van der Waals surface area (Å²) in [4.78, 5) is 26.4. The predicted octanol–water partition coefficient (Wildman–Crippen LogP) is 1.89. The lowest BCUT2D eigenvalue weighted by Gasteiger charge is -2.34. The first kappa shape index (κ1) is 16.3. The maximum absolute atomic E-state index is 12.6. The number of hydrogen-bond donors (Lipinski definition) is 1. The van der Waals surface area contributed by atoms with Crippen molar-refractivity contribution < 1.29 is 9.59 Å². The van der Waals surface area contributed by atoms with Gasteiger partial charge in [-0.25, -0.2) is 0 Å². The van der Waals surface area contributed by atoms with E-state index >= 15 is 0 Å². The molecule has 19 heavy (non-hydrogen) atoms. The maximum atomic E-state index is 12.6. The van der Waals surface area contributed by atoms with Crippen LogP contribution in [0.15, 0.2) is 0 Å². The van der Waals surface area contributed by atoms with Gasteiger partial charge in [-0.15, -0.1) is 0 Å². The Morgan fingerprint density at radius 2 is 2.00 bits per heavy atom. The van der Waals surface area contributed by atoms with Crippen molar-refractivity contribution in [3.05, 3.63) is 0 Å². The SMILES string of the molecule is CSCCCN1C(=O)C(C(C)(C)C)NC(=O)CC1C. The van der Waals surface area contributed by atoms with Crippen LogP contribution in [-0.4, -0.2) is 47.4 Å². The van der Waals surface area contributed by atoms with E-state index in [4.69, 9.17) is 0 Å². The molecule has 2 amide bonds. The average molecular weight is 286 g/mol. The summed E-state index contributed by atoms with van der Waals surface area (Å²) in [6.07, 6.45) is 3.44. The van der Waals surface area contributed by atoms with E-state index < -0.39 is 6.04 Å². The molecule has 0 spiro atoms. The molecule has 0 aromatic carbocycles. The molecule has 1 fully saturated rings. The number of carbonyl (C=O) groups is 2. The van der Waals surface area contributed by atoms with Gasteiger partial charge >= 0.3 is 0 Å². The average Bonchev–Trinajstić information content (AvgIpc) is 2.38. The van der Waals surface area contributed by atoms with Gasteiger partial charge in [-0.05, 0) is 30.8 Å². The zero-order valence-electron chi connectivity index (χ0n) is 12.7. The van der Waals surface area contributed by atoms with Gasteiger partial charge in [-0.1, -0.05) is 20.8 Å². The first-order chi connectivity index (χ1) is 8.77. The van der Waals surface area contributed by atoms with Crippen molar-refractivity contribution >= 4 is 23.6 Å². The summed E-state index contributed by atoms with van der Waals surface area (Å²) < 4.78 is 0. The maximum Gasteiger partial charge on any atom is 0.245 e. The Kier molecular flexibility index (Phi) is 5.71. The Hall–Kier alpha value is -0.710. The Morgan fingerprint density at radius 3 is 2.53 bits per heavy atom. The molecule has 1 heterocycles. The van der Waals surface area contributed by atoms with Gasteiger partial charge in [-0.3, -0.25) is 9.59 Å². The van der Waals surface area contributed by atoms with Gasteiger partial charge in [0.15, 0.2) is 0 Å². The van der Waals surface area contributed by atoms with Crippen molar-refractivity contribution in [2.45, 2.75) is 52.6 Å². The van der Waals surface area contributed by atoms with E-state index in [1.165, 1.54) is 0 Å². The second-order valence-corrected chi connectivity index (χ2v) is 7.28. The van der Waals surface area contributed by atoms with E-state index in [9.17, 15) is 9.59 Å². The molecule has 0 aliphatic carbocycles. The summed E-state index contributed by atoms with van der Waals surface area (Å²) in [5.41, 5.74) is -0.255. The van der Waals surface area contributed by atoms with Crippen LogP contribution in [0, 0.1) is 5.41 Å². The number of amides is 2. The minimum Gasteiger partial charge on any atom is -0.344 e. The van der Waals surface area contributed by atoms with Crippen LogP contribution >= 0.6 is 11.8 Å². The van der Waals surface area contributed by atoms with E-state index in [2.05, 4.69) is 11.6 Å². The lowest BCUT2D eigenvalue weighted by molar-refractivity contribution is -0.137. The molecule has 0 aromatic heterocycles. The molecule has 110 valence electrons. The molecule has 1 aliphatic heterocycles. The first-order valence-corrected chi connectivity index (χ1v) is 8.25. The highest BCUT2D eigenvalue weighted by atomic mass is 32.2. The summed E-state index contributed by atoms with van der Waals surface area (Å²) in [6, 6.07) is -0.430. The van der Waals surface area contributed by atoms with Gasteiger partial charge in [0.25, 0.3) is 0 Å². The van der Waals surface area contributed by atoms with Crippen molar-refractivity contribution in [1.82, 2.24) is 10.2 Å². The highest BCUT2D eigenvalue weighted by Crippen LogP contribution is 2.25. The second-order valence-electron chi connectivity index (χ2n) is 6.30. The Bertz CT molecular complexity index is 339. The molecule has 2 unspecified atom stereocenters. The topological polar surface area (TPSA) is 49.4 Å². The van der Waals surface area contributed by atoms with E-state index in [0.29, 0.717) is 6.42 Å². The van der Waals surface area contributed by atoms with Gasteiger partial charge in [0.1, 0.15) is 6.04 Å². The van der Waals surface area contributed by atoms with Crippen molar-refractivity contribution in [1.29, 1.82) is 0 Å². The fourth-order valence-corrected chi connectivity index (χ4v) is 2.76. The lowest BCUT2D eigenvalue weighted by atomic mass is 9.86. The minimum atomic E-state index is -0.417. The molecule has 0 radical (unpaired) electrons. The third kappa shape index (κ3) is 4.41. The summed E-state index contributed by atoms with van der Waals surface area (Å²) in [5.74, 6) is 1.08. The summed E-state index contributed by atoms with van der Waals surface area (Å²) >= 11 is 1.78. The fraction of sp³-hybridized carbons (Fsp3) is 0.857. The Balaban J connectivity index is 2.87. The van der Waals surface area contributed by atoms with Crippen LogP contribution in [-0.2, 0) is 9.59 Å². The van der Waals surface area contributed by atoms with Crippen molar-refractivity contribution in [3.8, 4) is 0 Å². The normalized spacial score (nSPS) is 25.2. The van der Waals surface area contributed by atoms with Gasteiger partial charge in [-0.2, -0.15) is 11.8 Å². The van der Waals surface area contributed by atoms with Gasteiger partial charge in [0.2, 0.25) is 11.8 Å². The van der Waals surface area contributed by atoms with E-state index in [0.717, 1.165) is 18.7 Å². The zero-order chi connectivity index (χ0) is 14.6. The molecular weight excluding hydrogens is 260 g/mol. The summed E-state index contributed by atoms with van der Waals surface area (Å²) in [7, 11) is 0. The lowest BCUT2D eigenvalue weighted by Crippen LogP contribution is -2.52. The molecule has 1 N–H and O–H groups in total. The third-order valence-corrected chi connectivity index (χ3v) is 4.16. The second kappa shape index (κ2) is 6.64. The fourth-order valence-electron chi connectivity index (χ4n) is 2.34. The molecule has 5 heteroatoms. The van der Waals surface area contributed by atoms with Crippen LogP contribution in [0.1, 0.15) is 40.5 Å². The highest BCUT2D eigenvalue weighted by molar-refractivity contribution is 7.98. The Morgan fingerprint density at radius 1 is 1.37 bits per heavy atom. The van der Waals surface area contributed by atoms with Crippen LogP contribution < -0.4 is 5.32 Å². The van der Waals surface area contributed by atoms with Crippen LogP contribution in [0.3, 0.4) is 0 Å². The van der Waals surface area contributed by atoms with Gasteiger partial charge in [0.05, 0.1) is 0 Å². The smallest absolute Gasteiger partial charge is 0.245 e. The summed E-state index contributed by atoms with van der Waals surface area (Å²) in [6.45, 7) is 8.67. The quantitative estimate of drug-likeness (QED) is 0.803. The number of thioether (sulfide) groups is 1. The largest absolute Gasteiger partial charge is 0.344 e. The van der Waals surface area contributed by atoms with Crippen LogP contribution in [0.25, 0.3) is 0 Å².